The first-order valence-corrected chi connectivity index (χ1v) is 5.31. The lowest BCUT2D eigenvalue weighted by molar-refractivity contribution is -0.143. The predicted molar refractivity (Wildman–Crippen MR) is 53.6 cm³/mol. The van der Waals surface area contributed by atoms with E-state index >= 15 is 0 Å². The van der Waals surface area contributed by atoms with E-state index in [0.717, 1.165) is 13.0 Å². The Bertz CT molecular complexity index is 207. The van der Waals surface area contributed by atoms with Gasteiger partial charge >= 0.3 is 5.97 Å². The van der Waals surface area contributed by atoms with E-state index in [9.17, 15) is 9.18 Å². The highest BCUT2D eigenvalue weighted by Crippen LogP contribution is 2.20. The van der Waals surface area contributed by atoms with Crippen LogP contribution in [0.2, 0.25) is 0 Å². The molecule has 0 spiro atoms. The zero-order chi connectivity index (χ0) is 11.3. The van der Waals surface area contributed by atoms with Crippen LogP contribution in [0, 0.1) is 5.92 Å². The van der Waals surface area contributed by atoms with Gasteiger partial charge in [0.05, 0.1) is 19.1 Å². The second-order valence-electron chi connectivity index (χ2n) is 3.77. The number of rotatable bonds is 6. The largest absolute Gasteiger partial charge is 0.481 e. The molecule has 0 aliphatic carbocycles. The first kappa shape index (κ1) is 12.4. The fourth-order valence-electron chi connectivity index (χ4n) is 1.98. The summed E-state index contributed by atoms with van der Waals surface area (Å²) in [5.74, 6) is -1.36. The van der Waals surface area contributed by atoms with Crippen LogP contribution in [0.15, 0.2) is 0 Å². The van der Waals surface area contributed by atoms with E-state index in [-0.39, 0.29) is 12.6 Å². The van der Waals surface area contributed by atoms with Crippen molar-refractivity contribution in [3.05, 3.63) is 0 Å². The van der Waals surface area contributed by atoms with Gasteiger partial charge in [-0.15, -0.1) is 0 Å². The van der Waals surface area contributed by atoms with Gasteiger partial charge < -0.3 is 9.84 Å². The molecule has 1 rings (SSSR count). The Morgan fingerprint density at radius 1 is 1.53 bits per heavy atom. The van der Waals surface area contributed by atoms with Crippen molar-refractivity contribution in [2.45, 2.75) is 19.4 Å². The third-order valence-corrected chi connectivity index (χ3v) is 2.72. The molecular formula is C10H18FNO3. The minimum atomic E-state index is -0.850. The topological polar surface area (TPSA) is 49.8 Å². The van der Waals surface area contributed by atoms with E-state index in [1.165, 1.54) is 0 Å². The maximum Gasteiger partial charge on any atom is 0.310 e. The van der Waals surface area contributed by atoms with Crippen molar-refractivity contribution in [3.8, 4) is 0 Å². The maximum atomic E-state index is 12.3. The first-order valence-electron chi connectivity index (χ1n) is 5.31. The Kier molecular flexibility index (Phi) is 4.98. The molecule has 0 saturated carbocycles. The summed E-state index contributed by atoms with van der Waals surface area (Å²) < 4.78 is 17.5. The van der Waals surface area contributed by atoms with Crippen LogP contribution < -0.4 is 0 Å². The summed E-state index contributed by atoms with van der Waals surface area (Å²) in [6, 6.07) is -0.168. The van der Waals surface area contributed by atoms with Gasteiger partial charge in [-0.25, -0.2) is 4.39 Å². The number of ether oxygens (including phenoxy) is 1. The first-order chi connectivity index (χ1) is 7.20. The Morgan fingerprint density at radius 3 is 2.80 bits per heavy atom. The molecule has 1 heterocycles. The number of nitrogens with zero attached hydrogens (tertiary/aromatic N) is 1. The lowest BCUT2D eigenvalue weighted by Gasteiger charge is -2.28. The molecule has 1 N–H and O–H groups in total. The monoisotopic (exact) mass is 219 g/mol. The van der Waals surface area contributed by atoms with Crippen molar-refractivity contribution >= 4 is 5.97 Å². The van der Waals surface area contributed by atoms with Crippen LogP contribution in [0.4, 0.5) is 4.39 Å². The zero-order valence-electron chi connectivity index (χ0n) is 8.99. The van der Waals surface area contributed by atoms with Crippen LogP contribution in [0.3, 0.4) is 0 Å². The summed E-state index contributed by atoms with van der Waals surface area (Å²) in [6.45, 7) is 3.22. The van der Waals surface area contributed by atoms with Crippen LogP contribution in [0.1, 0.15) is 13.3 Å². The average Bonchev–Trinajstić information content (AvgIpc) is 2.65. The quantitative estimate of drug-likeness (QED) is 0.716. The lowest BCUT2D eigenvalue weighted by atomic mass is 10.0. The lowest BCUT2D eigenvalue weighted by Crippen LogP contribution is -2.44. The van der Waals surface area contributed by atoms with Gasteiger partial charge in [-0.3, -0.25) is 9.69 Å². The van der Waals surface area contributed by atoms with Gasteiger partial charge in [-0.1, -0.05) is 6.92 Å². The molecule has 88 valence electrons. The molecule has 1 fully saturated rings. The molecule has 0 radical (unpaired) electrons. The summed E-state index contributed by atoms with van der Waals surface area (Å²) in [4.78, 5) is 12.8. The highest BCUT2D eigenvalue weighted by molar-refractivity contribution is 5.71. The molecule has 2 unspecified atom stereocenters. The molecule has 0 aromatic carbocycles. The van der Waals surface area contributed by atoms with Gasteiger partial charge in [-0.05, 0) is 13.0 Å². The molecule has 2 atom stereocenters. The number of carbonyl (C=O) groups is 1. The van der Waals surface area contributed by atoms with Crippen molar-refractivity contribution in [2.24, 2.45) is 5.92 Å². The highest BCUT2D eigenvalue weighted by Gasteiger charge is 2.37. The third kappa shape index (κ3) is 3.14. The number of aliphatic carboxylic acids is 1. The van der Waals surface area contributed by atoms with Crippen molar-refractivity contribution in [1.82, 2.24) is 4.90 Å². The van der Waals surface area contributed by atoms with Crippen LogP contribution in [0.5, 0.6) is 0 Å². The molecule has 1 saturated heterocycles. The van der Waals surface area contributed by atoms with Gasteiger partial charge in [0.15, 0.2) is 0 Å². The molecular weight excluding hydrogens is 201 g/mol. The maximum absolute atomic E-state index is 12.3. The normalized spacial score (nSPS) is 26.1. The van der Waals surface area contributed by atoms with Crippen LogP contribution in [-0.2, 0) is 9.53 Å². The van der Waals surface area contributed by atoms with Crippen molar-refractivity contribution in [2.75, 3.05) is 33.0 Å². The molecule has 0 amide bonds. The number of halogens is 1. The van der Waals surface area contributed by atoms with Gasteiger partial charge in [0, 0.05) is 12.6 Å². The van der Waals surface area contributed by atoms with Crippen molar-refractivity contribution < 1.29 is 19.0 Å². The van der Waals surface area contributed by atoms with Crippen LogP contribution >= 0.6 is 0 Å². The number of hydrogen-bond acceptors (Lipinski definition) is 3. The van der Waals surface area contributed by atoms with Crippen molar-refractivity contribution in [1.29, 1.82) is 0 Å². The average molecular weight is 219 g/mol. The van der Waals surface area contributed by atoms with E-state index in [1.54, 1.807) is 0 Å². The molecule has 4 nitrogen and oxygen atoms in total. The molecule has 0 aromatic rings. The Hall–Kier alpha value is -0.680. The SMILES string of the molecule is CCCN(CCF)C1COCC1C(=O)O. The third-order valence-electron chi connectivity index (χ3n) is 2.72. The number of hydrogen-bond donors (Lipinski definition) is 1. The second-order valence-corrected chi connectivity index (χ2v) is 3.77. The van der Waals surface area contributed by atoms with Gasteiger partial charge in [0.2, 0.25) is 0 Å². The minimum Gasteiger partial charge on any atom is -0.481 e. The molecule has 1 aliphatic heterocycles. The highest BCUT2D eigenvalue weighted by atomic mass is 19.1. The van der Waals surface area contributed by atoms with E-state index in [0.29, 0.717) is 13.2 Å². The number of alkyl halides is 1. The summed E-state index contributed by atoms with van der Waals surface area (Å²) in [5, 5.41) is 8.97. The molecule has 5 heteroatoms. The predicted octanol–water partition coefficient (Wildman–Crippen LogP) is 0.768. The fraction of sp³-hybridized carbons (Fsp3) is 0.900. The van der Waals surface area contributed by atoms with Crippen LogP contribution in [-0.4, -0.2) is 55.0 Å². The van der Waals surface area contributed by atoms with Gasteiger partial charge in [0.1, 0.15) is 6.67 Å². The Morgan fingerprint density at radius 2 is 2.27 bits per heavy atom. The zero-order valence-corrected chi connectivity index (χ0v) is 8.99. The summed E-state index contributed by atoms with van der Waals surface area (Å²) in [6.07, 6.45) is 0.892. The second kappa shape index (κ2) is 6.02. The molecule has 0 aromatic heterocycles. The summed E-state index contributed by atoms with van der Waals surface area (Å²) in [5.41, 5.74) is 0. The summed E-state index contributed by atoms with van der Waals surface area (Å²) in [7, 11) is 0. The standard InChI is InChI=1S/C10H18FNO3/c1-2-4-12(5-3-11)9-7-15-6-8(9)10(13)14/h8-9H,2-7H2,1H3,(H,13,14). The van der Waals surface area contributed by atoms with Crippen LogP contribution in [0.25, 0.3) is 0 Å². The molecule has 15 heavy (non-hydrogen) atoms. The van der Waals surface area contributed by atoms with Gasteiger partial charge in [-0.2, -0.15) is 0 Å². The van der Waals surface area contributed by atoms with E-state index in [1.807, 2.05) is 11.8 Å². The molecule has 1 aliphatic rings. The van der Waals surface area contributed by atoms with E-state index in [4.69, 9.17) is 9.84 Å². The Labute approximate surface area is 89.0 Å². The number of carboxylic acid groups (broad SMARTS) is 1. The van der Waals surface area contributed by atoms with E-state index in [2.05, 4.69) is 0 Å². The summed E-state index contributed by atoms with van der Waals surface area (Å²) >= 11 is 0. The Balaban J connectivity index is 2.60. The van der Waals surface area contributed by atoms with E-state index < -0.39 is 18.6 Å². The van der Waals surface area contributed by atoms with Gasteiger partial charge in [0.25, 0.3) is 0 Å². The number of carboxylic acids is 1. The van der Waals surface area contributed by atoms with Crippen molar-refractivity contribution in [3.63, 3.8) is 0 Å². The smallest absolute Gasteiger partial charge is 0.310 e. The fourth-order valence-corrected chi connectivity index (χ4v) is 1.98. The molecule has 0 bridgehead atoms. The minimum absolute atomic E-state index is 0.168.